The van der Waals surface area contributed by atoms with Gasteiger partial charge in [-0.2, -0.15) is 0 Å². The van der Waals surface area contributed by atoms with Gasteiger partial charge in [-0.15, -0.1) is 0 Å². The Bertz CT molecular complexity index is 466. The summed E-state index contributed by atoms with van der Waals surface area (Å²) in [5, 5.41) is 19.6. The van der Waals surface area contributed by atoms with Gasteiger partial charge < -0.3 is 15.5 Å². The van der Waals surface area contributed by atoms with E-state index in [2.05, 4.69) is 21.2 Å². The fourth-order valence-electron chi connectivity index (χ4n) is 1.30. The van der Waals surface area contributed by atoms with Gasteiger partial charge >= 0.3 is 5.97 Å². The van der Waals surface area contributed by atoms with Crippen molar-refractivity contribution in [3.8, 4) is 0 Å². The summed E-state index contributed by atoms with van der Waals surface area (Å²) in [6.07, 6.45) is -0.140. The lowest BCUT2D eigenvalue weighted by molar-refractivity contribution is -0.139. The zero-order valence-corrected chi connectivity index (χ0v) is 10.8. The Kier molecular flexibility index (Phi) is 5.24. The SMILES string of the molecule is O=C(N[C@H](CCO)C(=O)O)c1ccc(Br)cc1F. The number of carboxylic acids is 1. The molecule has 18 heavy (non-hydrogen) atoms. The van der Waals surface area contributed by atoms with Gasteiger partial charge in [0.05, 0.1) is 5.56 Å². The van der Waals surface area contributed by atoms with E-state index in [1.165, 1.54) is 12.1 Å². The van der Waals surface area contributed by atoms with E-state index in [-0.39, 0.29) is 18.6 Å². The molecule has 1 amide bonds. The predicted octanol–water partition coefficient (Wildman–Crippen LogP) is 1.15. The minimum Gasteiger partial charge on any atom is -0.480 e. The standard InChI is InChI=1S/C11H11BrFNO4/c12-6-1-2-7(8(13)5-6)10(16)14-9(3-4-15)11(17)18/h1-2,5,9,15H,3-4H2,(H,14,16)(H,17,18)/t9-/m1/s1. The van der Waals surface area contributed by atoms with Gasteiger partial charge in [0.15, 0.2) is 0 Å². The van der Waals surface area contributed by atoms with Gasteiger partial charge in [-0.1, -0.05) is 15.9 Å². The second kappa shape index (κ2) is 6.46. The van der Waals surface area contributed by atoms with E-state index in [4.69, 9.17) is 10.2 Å². The van der Waals surface area contributed by atoms with Crippen molar-refractivity contribution < 1.29 is 24.2 Å². The van der Waals surface area contributed by atoms with Gasteiger partial charge in [0.25, 0.3) is 5.91 Å². The minimum atomic E-state index is -1.28. The van der Waals surface area contributed by atoms with Crippen molar-refractivity contribution in [3.63, 3.8) is 0 Å². The predicted molar refractivity (Wildman–Crippen MR) is 64.7 cm³/mol. The number of carbonyl (C=O) groups excluding carboxylic acids is 1. The van der Waals surface area contributed by atoms with Crippen molar-refractivity contribution in [2.45, 2.75) is 12.5 Å². The highest BCUT2D eigenvalue weighted by molar-refractivity contribution is 9.10. The maximum atomic E-state index is 13.5. The number of hydrogen-bond donors (Lipinski definition) is 3. The Morgan fingerprint density at radius 1 is 1.44 bits per heavy atom. The van der Waals surface area contributed by atoms with Crippen molar-refractivity contribution in [3.05, 3.63) is 34.1 Å². The molecule has 0 spiro atoms. The van der Waals surface area contributed by atoms with Crippen LogP contribution in [0.25, 0.3) is 0 Å². The summed E-state index contributed by atoms with van der Waals surface area (Å²) < 4.78 is 13.9. The number of nitrogens with one attached hydrogen (secondary N) is 1. The molecule has 98 valence electrons. The van der Waals surface area contributed by atoms with Crippen LogP contribution in [-0.2, 0) is 4.79 Å². The molecule has 0 fully saturated rings. The van der Waals surface area contributed by atoms with Crippen molar-refractivity contribution in [1.29, 1.82) is 0 Å². The summed E-state index contributed by atoms with van der Waals surface area (Å²) >= 11 is 3.05. The number of hydrogen-bond acceptors (Lipinski definition) is 3. The third kappa shape index (κ3) is 3.78. The lowest BCUT2D eigenvalue weighted by atomic mass is 10.1. The Balaban J connectivity index is 2.83. The third-order valence-electron chi connectivity index (χ3n) is 2.20. The lowest BCUT2D eigenvalue weighted by Gasteiger charge is -2.13. The molecule has 1 rings (SSSR count). The first kappa shape index (κ1) is 14.6. The summed E-state index contributed by atoms with van der Waals surface area (Å²) in [5.74, 6) is -2.87. The molecule has 0 radical (unpaired) electrons. The topological polar surface area (TPSA) is 86.6 Å². The molecule has 0 aliphatic rings. The van der Waals surface area contributed by atoms with E-state index in [1.807, 2.05) is 0 Å². The van der Waals surface area contributed by atoms with Crippen LogP contribution in [0.4, 0.5) is 4.39 Å². The van der Waals surface area contributed by atoms with Crippen LogP contribution in [0, 0.1) is 5.82 Å². The summed E-state index contributed by atoms with van der Waals surface area (Å²) in [5.41, 5.74) is -0.248. The highest BCUT2D eigenvalue weighted by Crippen LogP contribution is 2.15. The first-order valence-electron chi connectivity index (χ1n) is 5.05. The molecular formula is C11H11BrFNO4. The quantitative estimate of drug-likeness (QED) is 0.760. The number of aliphatic hydroxyl groups excluding tert-OH is 1. The molecule has 0 unspecified atom stereocenters. The Hall–Kier alpha value is -1.47. The second-order valence-electron chi connectivity index (χ2n) is 3.50. The zero-order chi connectivity index (χ0) is 13.7. The minimum absolute atomic E-state index is 0.140. The van der Waals surface area contributed by atoms with Gasteiger partial charge in [-0.25, -0.2) is 9.18 Å². The van der Waals surface area contributed by atoms with E-state index in [9.17, 15) is 14.0 Å². The van der Waals surface area contributed by atoms with Gasteiger partial charge in [-0.3, -0.25) is 4.79 Å². The van der Waals surface area contributed by atoms with E-state index in [0.717, 1.165) is 6.07 Å². The van der Waals surface area contributed by atoms with Crippen LogP contribution in [0.2, 0.25) is 0 Å². The van der Waals surface area contributed by atoms with Gasteiger partial charge in [0.1, 0.15) is 11.9 Å². The molecule has 5 nitrogen and oxygen atoms in total. The summed E-state index contributed by atoms with van der Waals surface area (Å²) in [7, 11) is 0. The average Bonchev–Trinajstić information content (AvgIpc) is 2.27. The zero-order valence-electron chi connectivity index (χ0n) is 9.19. The maximum Gasteiger partial charge on any atom is 0.326 e. The van der Waals surface area contributed by atoms with E-state index in [0.29, 0.717) is 4.47 Å². The number of amides is 1. The molecule has 0 aliphatic carbocycles. The van der Waals surface area contributed by atoms with Crippen LogP contribution in [0.15, 0.2) is 22.7 Å². The van der Waals surface area contributed by atoms with Crippen LogP contribution in [0.5, 0.6) is 0 Å². The van der Waals surface area contributed by atoms with Crippen LogP contribution >= 0.6 is 15.9 Å². The van der Waals surface area contributed by atoms with Crippen molar-refractivity contribution in [2.24, 2.45) is 0 Å². The molecule has 0 heterocycles. The van der Waals surface area contributed by atoms with Crippen LogP contribution in [0.3, 0.4) is 0 Å². The monoisotopic (exact) mass is 319 g/mol. The van der Waals surface area contributed by atoms with E-state index < -0.39 is 23.7 Å². The molecule has 0 aliphatic heterocycles. The van der Waals surface area contributed by atoms with Crippen molar-refractivity contribution in [1.82, 2.24) is 5.32 Å². The van der Waals surface area contributed by atoms with Gasteiger partial charge in [-0.05, 0) is 18.2 Å². The highest BCUT2D eigenvalue weighted by Gasteiger charge is 2.21. The second-order valence-corrected chi connectivity index (χ2v) is 4.42. The smallest absolute Gasteiger partial charge is 0.326 e. The molecule has 0 aromatic heterocycles. The van der Waals surface area contributed by atoms with Crippen molar-refractivity contribution >= 4 is 27.8 Å². The molecule has 1 aromatic carbocycles. The fourth-order valence-corrected chi connectivity index (χ4v) is 1.63. The van der Waals surface area contributed by atoms with Crippen LogP contribution in [0.1, 0.15) is 16.8 Å². The number of halogens is 2. The summed E-state index contributed by atoms with van der Waals surface area (Å²) in [6, 6.07) is 2.58. The largest absolute Gasteiger partial charge is 0.480 e. The molecule has 3 N–H and O–H groups in total. The number of aliphatic hydroxyl groups is 1. The average molecular weight is 320 g/mol. The number of carboxylic acid groups (broad SMARTS) is 1. The molecule has 0 saturated carbocycles. The Morgan fingerprint density at radius 3 is 2.61 bits per heavy atom. The first-order valence-corrected chi connectivity index (χ1v) is 5.84. The Morgan fingerprint density at radius 2 is 2.11 bits per heavy atom. The van der Waals surface area contributed by atoms with E-state index in [1.54, 1.807) is 0 Å². The number of benzene rings is 1. The molecule has 1 aromatic rings. The first-order chi connectivity index (χ1) is 8.45. The molecule has 7 heteroatoms. The molecular weight excluding hydrogens is 309 g/mol. The van der Waals surface area contributed by atoms with Crippen LogP contribution in [-0.4, -0.2) is 34.7 Å². The van der Waals surface area contributed by atoms with E-state index >= 15 is 0 Å². The third-order valence-corrected chi connectivity index (χ3v) is 2.69. The van der Waals surface area contributed by atoms with Crippen molar-refractivity contribution in [2.75, 3.05) is 6.61 Å². The maximum absolute atomic E-state index is 13.5. The molecule has 0 bridgehead atoms. The normalized spacial score (nSPS) is 11.9. The van der Waals surface area contributed by atoms with Gasteiger partial charge in [0, 0.05) is 17.5 Å². The molecule has 1 atom stereocenters. The Labute approximate surface area is 111 Å². The lowest BCUT2D eigenvalue weighted by Crippen LogP contribution is -2.41. The summed E-state index contributed by atoms with van der Waals surface area (Å²) in [4.78, 5) is 22.4. The number of carbonyl (C=O) groups is 2. The molecule has 0 saturated heterocycles. The van der Waals surface area contributed by atoms with Gasteiger partial charge in [0.2, 0.25) is 0 Å². The number of aliphatic carboxylic acids is 1. The fraction of sp³-hybridized carbons (Fsp3) is 0.273. The summed E-state index contributed by atoms with van der Waals surface area (Å²) in [6.45, 7) is -0.389. The highest BCUT2D eigenvalue weighted by atomic mass is 79.9. The number of rotatable bonds is 5. The van der Waals surface area contributed by atoms with Crippen LogP contribution < -0.4 is 5.32 Å².